The van der Waals surface area contributed by atoms with Gasteiger partial charge in [0.2, 0.25) is 0 Å². The molecule has 0 atom stereocenters. The van der Waals surface area contributed by atoms with Crippen LogP contribution in [-0.2, 0) is 0 Å². The number of fused-ring (bicyclic) bond motifs is 2. The number of nitrogens with zero attached hydrogens (tertiary/aromatic N) is 2. The molecule has 96 valence electrons. The highest BCUT2D eigenvalue weighted by Crippen LogP contribution is 2.17. The fourth-order valence-electron chi connectivity index (χ4n) is 2.44. The smallest absolute Gasteiger partial charge is 0.267 e. The fraction of sp³-hybridized carbons (Fsp3) is 0. The Kier molecular flexibility index (Phi) is 2.23. The quantitative estimate of drug-likeness (QED) is 0.572. The lowest BCUT2D eigenvalue weighted by Crippen LogP contribution is -2.05. The summed E-state index contributed by atoms with van der Waals surface area (Å²) in [6.07, 6.45) is 0. The molecule has 0 radical (unpaired) electrons. The third kappa shape index (κ3) is 1.55. The van der Waals surface area contributed by atoms with Gasteiger partial charge in [0.25, 0.3) is 5.56 Å². The van der Waals surface area contributed by atoms with Crippen LogP contribution in [0.3, 0.4) is 0 Å². The second-order valence-electron chi connectivity index (χ2n) is 4.66. The minimum absolute atomic E-state index is 0.101. The van der Waals surface area contributed by atoms with Crippen molar-refractivity contribution in [3.8, 4) is 5.82 Å². The van der Waals surface area contributed by atoms with E-state index in [9.17, 15) is 4.79 Å². The van der Waals surface area contributed by atoms with Crippen molar-refractivity contribution in [3.05, 3.63) is 71.0 Å². The summed E-state index contributed by atoms with van der Waals surface area (Å²) in [6, 6.07) is 19.3. The van der Waals surface area contributed by atoms with Gasteiger partial charge in [-0.2, -0.15) is 0 Å². The largest absolute Gasteiger partial charge is 0.272 e. The third-order valence-corrected chi connectivity index (χ3v) is 3.42. The number of pyridine rings is 1. The van der Waals surface area contributed by atoms with Crippen LogP contribution in [-0.4, -0.2) is 14.8 Å². The highest BCUT2D eigenvalue weighted by Gasteiger charge is 2.08. The number of hydrogen-bond donors (Lipinski definition) is 1. The monoisotopic (exact) mass is 261 g/mol. The molecule has 2 heterocycles. The molecule has 2 aromatic heterocycles. The molecule has 0 saturated carbocycles. The second-order valence-corrected chi connectivity index (χ2v) is 4.66. The van der Waals surface area contributed by atoms with E-state index in [0.717, 1.165) is 16.4 Å². The van der Waals surface area contributed by atoms with Gasteiger partial charge in [-0.15, -0.1) is 0 Å². The molecule has 0 aliphatic carbocycles. The molecule has 1 N–H and O–H groups in total. The average molecular weight is 261 g/mol. The minimum atomic E-state index is -0.101. The zero-order chi connectivity index (χ0) is 13.5. The first-order valence-corrected chi connectivity index (χ1v) is 6.39. The van der Waals surface area contributed by atoms with Gasteiger partial charge in [-0.25, -0.2) is 9.67 Å². The normalized spacial score (nSPS) is 11.2. The summed E-state index contributed by atoms with van der Waals surface area (Å²) in [7, 11) is 0. The first-order valence-electron chi connectivity index (χ1n) is 6.39. The molecule has 4 rings (SSSR count). The Balaban J connectivity index is 2.03. The SMILES string of the molecule is O=c1[nH]n(-c2ccc3ccccc3n2)c2ccccc12. The number of aromatic amines is 1. The number of benzene rings is 2. The first-order chi connectivity index (χ1) is 9.83. The maximum Gasteiger partial charge on any atom is 0.272 e. The van der Waals surface area contributed by atoms with Crippen LogP contribution in [0.2, 0.25) is 0 Å². The van der Waals surface area contributed by atoms with Crippen molar-refractivity contribution in [2.24, 2.45) is 0 Å². The molecular formula is C16H11N3O. The summed E-state index contributed by atoms with van der Waals surface area (Å²) < 4.78 is 1.73. The zero-order valence-corrected chi connectivity index (χ0v) is 10.6. The molecule has 4 nitrogen and oxygen atoms in total. The number of rotatable bonds is 1. The third-order valence-electron chi connectivity index (χ3n) is 3.42. The fourth-order valence-corrected chi connectivity index (χ4v) is 2.44. The van der Waals surface area contributed by atoms with Crippen LogP contribution in [0.25, 0.3) is 27.6 Å². The molecule has 0 unspecified atom stereocenters. The van der Waals surface area contributed by atoms with E-state index in [1.807, 2.05) is 60.7 Å². The van der Waals surface area contributed by atoms with Gasteiger partial charge in [-0.3, -0.25) is 9.89 Å². The van der Waals surface area contributed by atoms with Crippen LogP contribution in [0.1, 0.15) is 0 Å². The van der Waals surface area contributed by atoms with Crippen LogP contribution in [0.5, 0.6) is 0 Å². The van der Waals surface area contributed by atoms with E-state index in [-0.39, 0.29) is 5.56 Å². The molecule has 0 bridgehead atoms. The Morgan fingerprint density at radius 2 is 1.70 bits per heavy atom. The molecule has 0 amide bonds. The Morgan fingerprint density at radius 3 is 2.65 bits per heavy atom. The lowest BCUT2D eigenvalue weighted by Gasteiger charge is -2.05. The predicted octanol–water partition coefficient (Wildman–Crippen LogP) is 2.87. The maximum absolute atomic E-state index is 11.9. The Morgan fingerprint density at radius 1 is 0.900 bits per heavy atom. The van der Waals surface area contributed by atoms with E-state index < -0.39 is 0 Å². The summed E-state index contributed by atoms with van der Waals surface area (Å²) in [6.45, 7) is 0. The maximum atomic E-state index is 11.9. The minimum Gasteiger partial charge on any atom is -0.267 e. The van der Waals surface area contributed by atoms with E-state index >= 15 is 0 Å². The van der Waals surface area contributed by atoms with Crippen molar-refractivity contribution < 1.29 is 0 Å². The van der Waals surface area contributed by atoms with E-state index in [1.54, 1.807) is 4.68 Å². The van der Waals surface area contributed by atoms with E-state index in [4.69, 9.17) is 0 Å². The van der Waals surface area contributed by atoms with E-state index in [2.05, 4.69) is 10.1 Å². The summed E-state index contributed by atoms with van der Waals surface area (Å²) in [5, 5.41) is 4.58. The summed E-state index contributed by atoms with van der Waals surface area (Å²) in [5.41, 5.74) is 1.64. The molecule has 0 aliphatic rings. The van der Waals surface area contributed by atoms with Gasteiger partial charge < -0.3 is 0 Å². The molecule has 0 fully saturated rings. The topological polar surface area (TPSA) is 50.7 Å². The predicted molar refractivity (Wildman–Crippen MR) is 79.2 cm³/mol. The van der Waals surface area contributed by atoms with Crippen LogP contribution in [0, 0.1) is 0 Å². The average Bonchev–Trinajstić information content (AvgIpc) is 2.85. The van der Waals surface area contributed by atoms with Crippen molar-refractivity contribution in [1.82, 2.24) is 14.8 Å². The van der Waals surface area contributed by atoms with Crippen LogP contribution in [0.4, 0.5) is 0 Å². The molecule has 0 aliphatic heterocycles. The molecular weight excluding hydrogens is 250 g/mol. The number of hydrogen-bond acceptors (Lipinski definition) is 2. The van der Waals surface area contributed by atoms with Crippen molar-refractivity contribution >= 4 is 21.8 Å². The van der Waals surface area contributed by atoms with E-state index in [0.29, 0.717) is 11.2 Å². The van der Waals surface area contributed by atoms with Crippen LogP contribution < -0.4 is 5.56 Å². The number of nitrogens with one attached hydrogen (secondary N) is 1. The molecule has 0 saturated heterocycles. The molecule has 0 spiro atoms. The number of aromatic nitrogens is 3. The lowest BCUT2D eigenvalue weighted by molar-refractivity contribution is 0.864. The van der Waals surface area contributed by atoms with Gasteiger partial charge in [0.1, 0.15) is 0 Å². The summed E-state index contributed by atoms with van der Waals surface area (Å²) in [4.78, 5) is 16.5. The standard InChI is InChI=1S/C16H11N3O/c20-16-12-6-2-4-8-14(12)19(18-16)15-10-9-11-5-1-3-7-13(11)17-15/h1-10H,(H,18,20). The van der Waals surface area contributed by atoms with Gasteiger partial charge in [-0.1, -0.05) is 30.3 Å². The zero-order valence-electron chi connectivity index (χ0n) is 10.6. The van der Waals surface area contributed by atoms with Crippen molar-refractivity contribution in [2.45, 2.75) is 0 Å². The molecule has 4 aromatic rings. The summed E-state index contributed by atoms with van der Waals surface area (Å²) >= 11 is 0. The Labute approximate surface area is 114 Å². The highest BCUT2D eigenvalue weighted by atomic mass is 16.1. The molecule has 20 heavy (non-hydrogen) atoms. The van der Waals surface area contributed by atoms with Gasteiger partial charge in [0, 0.05) is 5.39 Å². The molecule has 4 heteroatoms. The van der Waals surface area contributed by atoms with Gasteiger partial charge in [0.05, 0.1) is 16.4 Å². The Bertz CT molecular complexity index is 982. The number of H-pyrrole nitrogens is 1. The van der Waals surface area contributed by atoms with Crippen molar-refractivity contribution in [3.63, 3.8) is 0 Å². The van der Waals surface area contributed by atoms with Crippen molar-refractivity contribution in [2.75, 3.05) is 0 Å². The second kappa shape index (κ2) is 4.06. The first kappa shape index (κ1) is 11.0. The highest BCUT2D eigenvalue weighted by molar-refractivity contribution is 5.82. The van der Waals surface area contributed by atoms with Gasteiger partial charge >= 0.3 is 0 Å². The van der Waals surface area contributed by atoms with E-state index in [1.165, 1.54) is 0 Å². The van der Waals surface area contributed by atoms with Gasteiger partial charge in [-0.05, 0) is 30.3 Å². The van der Waals surface area contributed by atoms with Crippen LogP contribution in [0.15, 0.2) is 65.5 Å². The lowest BCUT2D eigenvalue weighted by atomic mass is 10.2. The van der Waals surface area contributed by atoms with Gasteiger partial charge in [0.15, 0.2) is 5.82 Å². The Hall–Kier alpha value is -2.88. The van der Waals surface area contributed by atoms with Crippen molar-refractivity contribution in [1.29, 1.82) is 0 Å². The molecule has 2 aromatic carbocycles. The number of para-hydroxylation sites is 2. The summed E-state index contributed by atoms with van der Waals surface area (Å²) in [5.74, 6) is 0.710. The van der Waals surface area contributed by atoms with Crippen LogP contribution >= 0.6 is 0 Å².